The summed E-state index contributed by atoms with van der Waals surface area (Å²) >= 11 is 0. The summed E-state index contributed by atoms with van der Waals surface area (Å²) in [5.41, 5.74) is 2.68. The number of rotatable bonds is 6. The fourth-order valence-electron chi connectivity index (χ4n) is 2.77. The third-order valence-corrected chi connectivity index (χ3v) is 4.22. The molecule has 2 N–H and O–H groups in total. The molecule has 1 amide bonds. The predicted octanol–water partition coefficient (Wildman–Crippen LogP) is 2.04. The number of carbonyl (C=O) groups is 1. The summed E-state index contributed by atoms with van der Waals surface area (Å²) in [6.07, 6.45) is 5.87. The summed E-state index contributed by atoms with van der Waals surface area (Å²) in [6.45, 7) is 0.558. The highest BCUT2D eigenvalue weighted by molar-refractivity contribution is 6.76. The van der Waals surface area contributed by atoms with Crippen LogP contribution < -0.4 is 25.5 Å². The van der Waals surface area contributed by atoms with Crippen LogP contribution in [-0.4, -0.2) is 27.0 Å². The molecule has 0 radical (unpaired) electrons. The van der Waals surface area contributed by atoms with Gasteiger partial charge in [-0.1, -0.05) is 35.7 Å². The van der Waals surface area contributed by atoms with Gasteiger partial charge in [0.25, 0.3) is 5.91 Å². The molecule has 0 fully saturated rings. The normalized spacial score (nSPS) is 12.5. The maximum atomic E-state index is 12.4. The second kappa shape index (κ2) is 8.29. The molecule has 0 saturated carbocycles. The number of allylic oxidation sites excluding steroid dienone is 2. The smallest absolute Gasteiger partial charge is 0.312 e. The van der Waals surface area contributed by atoms with Crippen molar-refractivity contribution in [2.45, 2.75) is 6.54 Å². The van der Waals surface area contributed by atoms with Crippen molar-refractivity contribution in [3.8, 4) is 11.5 Å². The Morgan fingerprint density at radius 3 is 2.46 bits per heavy atom. The highest BCUT2D eigenvalue weighted by Gasteiger charge is 2.14. The monoisotopic (exact) mass is 348 g/mol. The zero-order valence-corrected chi connectivity index (χ0v) is 14.9. The van der Waals surface area contributed by atoms with Crippen LogP contribution in [0.4, 0.5) is 0 Å². The largest absolute Gasteiger partial charge is 0.493 e. The molecule has 2 aromatic carbocycles. The maximum absolute atomic E-state index is 12.4. The van der Waals surface area contributed by atoms with Gasteiger partial charge in [-0.15, -0.1) is 0 Å². The van der Waals surface area contributed by atoms with E-state index in [2.05, 4.69) is 16.5 Å². The molecule has 0 aliphatic carbocycles. The molecule has 6 heteroatoms. The van der Waals surface area contributed by atoms with Gasteiger partial charge >= 0.3 is 6.85 Å². The van der Waals surface area contributed by atoms with Crippen LogP contribution in [0.15, 0.2) is 66.8 Å². The molecule has 0 spiro atoms. The van der Waals surface area contributed by atoms with Gasteiger partial charge in [-0.2, -0.15) is 0 Å². The van der Waals surface area contributed by atoms with E-state index in [1.54, 1.807) is 14.2 Å². The van der Waals surface area contributed by atoms with E-state index >= 15 is 0 Å². The average Bonchev–Trinajstić information content (AvgIpc) is 2.72. The van der Waals surface area contributed by atoms with Crippen molar-refractivity contribution in [1.82, 2.24) is 10.5 Å². The first-order chi connectivity index (χ1) is 12.7. The molecule has 5 nitrogen and oxygen atoms in total. The van der Waals surface area contributed by atoms with Crippen LogP contribution >= 0.6 is 0 Å². The van der Waals surface area contributed by atoms with Gasteiger partial charge in [0.15, 0.2) is 11.5 Å². The lowest BCUT2D eigenvalue weighted by Crippen LogP contribution is -2.41. The first-order valence-electron chi connectivity index (χ1n) is 8.39. The van der Waals surface area contributed by atoms with E-state index in [0.717, 1.165) is 11.0 Å². The average molecular weight is 348 g/mol. The number of nitrogens with one attached hydrogen (secondary N) is 2. The lowest BCUT2D eigenvalue weighted by Gasteiger charge is -2.13. The molecule has 0 atom stereocenters. The summed E-state index contributed by atoms with van der Waals surface area (Å²) in [6, 6.07) is 13.2. The molecular formula is C20H21BN2O3. The topological polar surface area (TPSA) is 59.6 Å². The highest BCUT2D eigenvalue weighted by atomic mass is 16.5. The van der Waals surface area contributed by atoms with Crippen molar-refractivity contribution in [2.75, 3.05) is 14.2 Å². The van der Waals surface area contributed by atoms with Crippen molar-refractivity contribution in [2.24, 2.45) is 0 Å². The molecule has 2 aromatic rings. The van der Waals surface area contributed by atoms with Crippen molar-refractivity contribution in [3.05, 3.63) is 77.9 Å². The zero-order valence-electron chi connectivity index (χ0n) is 14.9. The fourth-order valence-corrected chi connectivity index (χ4v) is 2.77. The van der Waals surface area contributed by atoms with E-state index in [0.29, 0.717) is 23.6 Å². The Kier molecular flexibility index (Phi) is 5.64. The van der Waals surface area contributed by atoms with Gasteiger partial charge < -0.3 is 20.0 Å². The Bertz CT molecular complexity index is 831. The second-order valence-corrected chi connectivity index (χ2v) is 5.88. The number of ether oxygens (including phenoxy) is 2. The molecular weight excluding hydrogens is 327 g/mol. The van der Waals surface area contributed by atoms with Crippen LogP contribution in [0.25, 0.3) is 0 Å². The van der Waals surface area contributed by atoms with E-state index in [4.69, 9.17) is 9.47 Å². The van der Waals surface area contributed by atoms with E-state index in [1.807, 2.05) is 60.8 Å². The van der Waals surface area contributed by atoms with Crippen LogP contribution in [0.3, 0.4) is 0 Å². The number of hydrogen-bond acceptors (Lipinski definition) is 4. The molecule has 1 aliphatic heterocycles. The Balaban J connectivity index is 1.61. The van der Waals surface area contributed by atoms with Crippen molar-refractivity contribution < 1.29 is 14.3 Å². The molecule has 0 bridgehead atoms. The first-order valence-corrected chi connectivity index (χ1v) is 8.39. The minimum atomic E-state index is -0.113. The van der Waals surface area contributed by atoms with Gasteiger partial charge in [0.2, 0.25) is 0 Å². The van der Waals surface area contributed by atoms with E-state index in [-0.39, 0.29) is 12.8 Å². The summed E-state index contributed by atoms with van der Waals surface area (Å²) < 4.78 is 10.5. The van der Waals surface area contributed by atoms with Gasteiger partial charge in [0.05, 0.1) is 14.2 Å². The minimum absolute atomic E-state index is 0.113. The predicted molar refractivity (Wildman–Crippen MR) is 104 cm³/mol. The second-order valence-electron chi connectivity index (χ2n) is 5.88. The molecule has 0 unspecified atom stereocenters. The number of hydrogen-bond donors (Lipinski definition) is 2. The van der Waals surface area contributed by atoms with Crippen LogP contribution in [0.5, 0.6) is 11.5 Å². The Hall–Kier alpha value is -3.15. The van der Waals surface area contributed by atoms with Crippen LogP contribution in [0.1, 0.15) is 15.9 Å². The molecule has 132 valence electrons. The minimum Gasteiger partial charge on any atom is -0.493 e. The Morgan fingerprint density at radius 2 is 1.81 bits per heavy atom. The first kappa shape index (κ1) is 17.7. The van der Waals surface area contributed by atoms with E-state index < -0.39 is 0 Å². The van der Waals surface area contributed by atoms with Gasteiger partial charge in [0.1, 0.15) is 0 Å². The van der Waals surface area contributed by atoms with Crippen molar-refractivity contribution in [3.63, 3.8) is 0 Å². The third kappa shape index (κ3) is 4.09. The summed E-state index contributed by atoms with van der Waals surface area (Å²) in [4.78, 5) is 12.4. The maximum Gasteiger partial charge on any atom is 0.312 e. The van der Waals surface area contributed by atoms with Gasteiger partial charge in [-0.25, -0.2) is 0 Å². The van der Waals surface area contributed by atoms with Crippen LogP contribution in [0, 0.1) is 0 Å². The third-order valence-electron chi connectivity index (χ3n) is 4.22. The van der Waals surface area contributed by atoms with Crippen LogP contribution in [-0.2, 0) is 6.54 Å². The van der Waals surface area contributed by atoms with Gasteiger partial charge in [-0.3, -0.25) is 4.79 Å². The Labute approximate surface area is 153 Å². The lowest BCUT2D eigenvalue weighted by atomic mass is 9.55. The molecule has 26 heavy (non-hydrogen) atoms. The Morgan fingerprint density at radius 1 is 1.04 bits per heavy atom. The van der Waals surface area contributed by atoms with Crippen molar-refractivity contribution >= 4 is 18.2 Å². The SMILES string of the molecule is COc1ccc(CNC(=O)c2ccc(B3C=CC=CN3)cc2)cc1OC. The van der Waals surface area contributed by atoms with Gasteiger partial charge in [0, 0.05) is 12.1 Å². The quantitative estimate of drug-likeness (QED) is 0.785. The fraction of sp³-hybridized carbons (Fsp3) is 0.150. The summed E-state index contributed by atoms with van der Waals surface area (Å²) in [7, 11) is 3.19. The zero-order chi connectivity index (χ0) is 18.4. The number of carbonyl (C=O) groups excluding carboxylic acids is 1. The number of methoxy groups -OCH3 is 2. The molecule has 1 heterocycles. The van der Waals surface area contributed by atoms with E-state index in [1.165, 1.54) is 0 Å². The summed E-state index contributed by atoms with van der Waals surface area (Å²) in [5, 5.41) is 6.19. The standard InChI is InChI=1S/C20H21BN2O3/c1-25-18-10-5-15(13-19(18)26-2)14-22-20(24)16-6-8-17(9-7-16)21-11-3-4-12-23-21/h3-13,23H,14H2,1-2H3,(H,22,24). The van der Waals surface area contributed by atoms with E-state index in [9.17, 15) is 4.79 Å². The molecule has 3 rings (SSSR count). The number of benzene rings is 2. The number of amides is 1. The highest BCUT2D eigenvalue weighted by Crippen LogP contribution is 2.27. The summed E-state index contributed by atoms with van der Waals surface area (Å²) in [5.74, 6) is 3.27. The van der Waals surface area contributed by atoms with Gasteiger partial charge in [-0.05, 0) is 42.1 Å². The van der Waals surface area contributed by atoms with Crippen molar-refractivity contribution in [1.29, 1.82) is 0 Å². The molecule has 0 aromatic heterocycles. The van der Waals surface area contributed by atoms with Crippen LogP contribution in [0.2, 0.25) is 0 Å². The molecule has 0 saturated heterocycles. The molecule has 1 aliphatic rings. The lowest BCUT2D eigenvalue weighted by molar-refractivity contribution is 0.0951.